The fraction of sp³-hybridized carbons (Fsp3) is 0.227. The summed E-state index contributed by atoms with van der Waals surface area (Å²) in [5.74, 6) is -1.43. The van der Waals surface area contributed by atoms with Gasteiger partial charge < -0.3 is 15.8 Å². The molecule has 1 atom stereocenters. The molecule has 1 aliphatic rings. The first kappa shape index (κ1) is 19.4. The summed E-state index contributed by atoms with van der Waals surface area (Å²) < 4.78 is 34.7. The summed E-state index contributed by atoms with van der Waals surface area (Å²) in [4.78, 5) is 8.57. The lowest BCUT2D eigenvalue weighted by Crippen LogP contribution is -2.32. The molecule has 1 saturated heterocycles. The van der Waals surface area contributed by atoms with Crippen molar-refractivity contribution in [3.63, 3.8) is 0 Å². The van der Waals surface area contributed by atoms with Crippen LogP contribution in [0.25, 0.3) is 22.3 Å². The highest BCUT2D eigenvalue weighted by atomic mass is 19.2. The van der Waals surface area contributed by atoms with Crippen molar-refractivity contribution in [2.75, 3.05) is 18.8 Å². The Morgan fingerprint density at radius 3 is 2.71 bits per heavy atom. The molecule has 0 bridgehead atoms. The van der Waals surface area contributed by atoms with Crippen LogP contribution in [0.1, 0.15) is 18.9 Å². The Morgan fingerprint density at radius 2 is 1.94 bits per heavy atom. The van der Waals surface area contributed by atoms with Gasteiger partial charge in [-0.15, -0.1) is 0 Å². The highest BCUT2D eigenvalue weighted by molar-refractivity contribution is 5.98. The second-order valence-corrected chi connectivity index (χ2v) is 7.43. The van der Waals surface area contributed by atoms with Crippen molar-refractivity contribution in [3.8, 4) is 22.8 Å². The molecule has 158 valence electrons. The summed E-state index contributed by atoms with van der Waals surface area (Å²) in [6.07, 6.45) is 3.50. The molecular formula is C22H20F2N6O. The average Bonchev–Trinajstić information content (AvgIpc) is 3.19. The Morgan fingerprint density at radius 1 is 1.10 bits per heavy atom. The van der Waals surface area contributed by atoms with Gasteiger partial charge in [-0.3, -0.25) is 0 Å². The van der Waals surface area contributed by atoms with Crippen LogP contribution in [0.3, 0.4) is 0 Å². The van der Waals surface area contributed by atoms with Gasteiger partial charge >= 0.3 is 0 Å². The topological polar surface area (TPSA) is 90.9 Å². The lowest BCUT2D eigenvalue weighted by atomic mass is 10.1. The molecule has 0 radical (unpaired) electrons. The number of ether oxygens (including phenoxy) is 1. The van der Waals surface area contributed by atoms with Gasteiger partial charge in [0.2, 0.25) is 5.82 Å². The van der Waals surface area contributed by atoms with Gasteiger partial charge in [0, 0.05) is 12.1 Å². The second kappa shape index (κ2) is 7.92. The lowest BCUT2D eigenvalue weighted by Gasteiger charge is -2.23. The average molecular weight is 422 g/mol. The van der Waals surface area contributed by atoms with Gasteiger partial charge in [-0.2, -0.15) is 9.49 Å². The molecule has 1 aliphatic heterocycles. The zero-order valence-corrected chi connectivity index (χ0v) is 16.6. The maximum absolute atomic E-state index is 13.9. The third-order valence-corrected chi connectivity index (χ3v) is 5.41. The summed E-state index contributed by atoms with van der Waals surface area (Å²) in [6, 6.07) is 10.9. The van der Waals surface area contributed by atoms with E-state index < -0.39 is 11.6 Å². The number of piperidine rings is 1. The number of hydrogen-bond acceptors (Lipinski definition) is 6. The standard InChI is InChI=1S/C22H20F2N6O/c23-16-4-1-5-17(19(16)24)31-15-8-6-13(7-9-15)20-18-21(25)27-12-28-22(18)30(29-20)14-3-2-10-26-11-14/h1,4-9,12,14,26H,2-3,10-11H2,(H2,25,27,28)/t14-/m1/s1. The highest BCUT2D eigenvalue weighted by Gasteiger charge is 2.23. The van der Waals surface area contributed by atoms with Crippen LogP contribution in [0.15, 0.2) is 48.8 Å². The van der Waals surface area contributed by atoms with Crippen LogP contribution in [0.5, 0.6) is 11.5 Å². The molecule has 0 aliphatic carbocycles. The molecule has 9 heteroatoms. The molecular weight excluding hydrogens is 402 g/mol. The van der Waals surface area contributed by atoms with Crippen LogP contribution in [-0.2, 0) is 0 Å². The van der Waals surface area contributed by atoms with E-state index in [-0.39, 0.29) is 11.8 Å². The Labute approximate surface area is 176 Å². The van der Waals surface area contributed by atoms with Crippen molar-refractivity contribution in [1.29, 1.82) is 0 Å². The first-order valence-corrected chi connectivity index (χ1v) is 10.0. The second-order valence-electron chi connectivity index (χ2n) is 7.43. The van der Waals surface area contributed by atoms with Crippen molar-refractivity contribution in [2.45, 2.75) is 18.9 Å². The molecule has 0 saturated carbocycles. The number of nitrogens with one attached hydrogen (secondary N) is 1. The molecule has 0 amide bonds. The third-order valence-electron chi connectivity index (χ3n) is 5.41. The van der Waals surface area contributed by atoms with E-state index in [2.05, 4.69) is 15.3 Å². The van der Waals surface area contributed by atoms with Crippen LogP contribution < -0.4 is 15.8 Å². The zero-order valence-electron chi connectivity index (χ0n) is 16.6. The SMILES string of the molecule is Nc1ncnc2c1c(-c1ccc(Oc3cccc(F)c3F)cc1)nn2[C@@H]1CCCNC1. The van der Waals surface area contributed by atoms with E-state index >= 15 is 0 Å². The van der Waals surface area contributed by atoms with Crippen LogP contribution in [0.4, 0.5) is 14.6 Å². The fourth-order valence-corrected chi connectivity index (χ4v) is 3.86. The van der Waals surface area contributed by atoms with Gasteiger partial charge in [0.1, 0.15) is 23.6 Å². The number of rotatable bonds is 4. The number of fused-ring (bicyclic) bond motifs is 1. The maximum atomic E-state index is 13.9. The van der Waals surface area contributed by atoms with Gasteiger partial charge in [-0.25, -0.2) is 19.0 Å². The van der Waals surface area contributed by atoms with Crippen molar-refractivity contribution in [1.82, 2.24) is 25.1 Å². The van der Waals surface area contributed by atoms with E-state index in [1.165, 1.54) is 18.5 Å². The molecule has 31 heavy (non-hydrogen) atoms. The fourth-order valence-electron chi connectivity index (χ4n) is 3.86. The minimum atomic E-state index is -1.03. The predicted octanol–water partition coefficient (Wildman–Crippen LogP) is 4.07. The van der Waals surface area contributed by atoms with Crippen molar-refractivity contribution >= 4 is 16.9 Å². The first-order chi connectivity index (χ1) is 15.1. The number of benzene rings is 2. The summed E-state index contributed by atoms with van der Waals surface area (Å²) in [7, 11) is 0. The number of nitrogen functional groups attached to an aromatic ring is 1. The van der Waals surface area contributed by atoms with Crippen molar-refractivity contribution in [2.24, 2.45) is 0 Å². The van der Waals surface area contributed by atoms with Crippen LogP contribution in [0.2, 0.25) is 0 Å². The first-order valence-electron chi connectivity index (χ1n) is 10.0. The monoisotopic (exact) mass is 422 g/mol. The van der Waals surface area contributed by atoms with Crippen LogP contribution in [-0.4, -0.2) is 32.8 Å². The van der Waals surface area contributed by atoms with Gasteiger partial charge in [-0.1, -0.05) is 6.07 Å². The Balaban J connectivity index is 1.51. The smallest absolute Gasteiger partial charge is 0.201 e. The molecule has 0 spiro atoms. The summed E-state index contributed by atoms with van der Waals surface area (Å²) in [5.41, 5.74) is 8.33. The summed E-state index contributed by atoms with van der Waals surface area (Å²) in [5, 5.41) is 8.91. The Hall–Kier alpha value is -3.59. The van der Waals surface area contributed by atoms with E-state index in [0.29, 0.717) is 28.3 Å². The normalized spacial score (nSPS) is 16.5. The zero-order chi connectivity index (χ0) is 21.4. The number of aromatic nitrogens is 4. The highest BCUT2D eigenvalue weighted by Crippen LogP contribution is 2.34. The number of hydrogen-bond donors (Lipinski definition) is 2. The molecule has 2 aromatic heterocycles. The van der Waals surface area contributed by atoms with Gasteiger partial charge in [-0.05, 0) is 55.8 Å². The number of halogens is 2. The van der Waals surface area contributed by atoms with Crippen molar-refractivity contribution in [3.05, 3.63) is 60.4 Å². The molecule has 2 aromatic carbocycles. The van der Waals surface area contributed by atoms with E-state index in [0.717, 1.165) is 37.6 Å². The predicted molar refractivity (Wildman–Crippen MR) is 113 cm³/mol. The largest absolute Gasteiger partial charge is 0.454 e. The lowest BCUT2D eigenvalue weighted by molar-refractivity contribution is 0.354. The summed E-state index contributed by atoms with van der Waals surface area (Å²) >= 11 is 0. The van der Waals surface area contributed by atoms with E-state index in [1.54, 1.807) is 24.3 Å². The quantitative estimate of drug-likeness (QED) is 0.515. The number of nitrogens with two attached hydrogens (primary N) is 1. The van der Waals surface area contributed by atoms with Gasteiger partial charge in [0.05, 0.1) is 11.4 Å². The van der Waals surface area contributed by atoms with E-state index in [1.807, 2.05) is 4.68 Å². The minimum Gasteiger partial charge on any atom is -0.454 e. The molecule has 0 unspecified atom stereocenters. The van der Waals surface area contributed by atoms with Crippen LogP contribution in [0, 0.1) is 11.6 Å². The van der Waals surface area contributed by atoms with Crippen molar-refractivity contribution < 1.29 is 13.5 Å². The van der Waals surface area contributed by atoms with E-state index in [9.17, 15) is 8.78 Å². The van der Waals surface area contributed by atoms with Gasteiger partial charge in [0.15, 0.2) is 17.2 Å². The molecule has 7 nitrogen and oxygen atoms in total. The summed E-state index contributed by atoms with van der Waals surface area (Å²) in [6.45, 7) is 1.80. The minimum absolute atomic E-state index is 0.176. The Bertz CT molecular complexity index is 1230. The number of nitrogens with zero attached hydrogens (tertiary/aromatic N) is 4. The van der Waals surface area contributed by atoms with Crippen LogP contribution >= 0.6 is 0 Å². The number of anilines is 1. The molecule has 3 N–H and O–H groups in total. The third kappa shape index (κ3) is 3.57. The molecule has 1 fully saturated rings. The van der Waals surface area contributed by atoms with Gasteiger partial charge in [0.25, 0.3) is 0 Å². The maximum Gasteiger partial charge on any atom is 0.201 e. The molecule has 5 rings (SSSR count). The molecule has 3 heterocycles. The van der Waals surface area contributed by atoms with E-state index in [4.69, 9.17) is 15.6 Å². The Kier molecular flexibility index (Phi) is 4.95. The molecule has 4 aromatic rings.